The standard InChI is InChI=1S/C39H62N6O7S/c1-10-25(4)33(44(7)37(49)32(24(2)3)43-38(50)39(6,40)23-46)30(51-8)22-31(47)45-19-14-17-29(45)34(52-9)26(5)35(48)42-28(36-41-18-20-53-36)21-27-15-12-11-13-16-27/h11-13,15-16,18,20,24-26,28-30,32-34,46H,10,14,17,19,21-23,40H2,1-9H3,(H,42,48)(H,43,50)/t25-,26+,28-,29-,30+,32-,33-,34+,39?/m0/s1. The number of ether oxygens (including phenoxy) is 2. The van der Waals surface area contributed by atoms with Crippen LogP contribution < -0.4 is 16.4 Å². The van der Waals surface area contributed by atoms with Gasteiger partial charge in [-0.05, 0) is 43.6 Å². The maximum atomic E-state index is 14.2. The number of aliphatic hydroxyl groups is 1. The molecular formula is C39H62N6O7S. The van der Waals surface area contributed by atoms with E-state index in [0.29, 0.717) is 25.8 Å². The average Bonchev–Trinajstić information content (AvgIpc) is 3.87. The molecular weight excluding hydrogens is 697 g/mol. The Labute approximate surface area is 319 Å². The highest BCUT2D eigenvalue weighted by atomic mass is 32.1. The number of aromatic nitrogens is 1. The molecule has 3 rings (SSSR count). The maximum absolute atomic E-state index is 14.2. The lowest BCUT2D eigenvalue weighted by Crippen LogP contribution is -2.62. The van der Waals surface area contributed by atoms with Gasteiger partial charge in [0.25, 0.3) is 0 Å². The number of amides is 4. The molecule has 9 atom stereocenters. The summed E-state index contributed by atoms with van der Waals surface area (Å²) in [5.41, 5.74) is 5.49. The van der Waals surface area contributed by atoms with Gasteiger partial charge in [-0.1, -0.05) is 71.4 Å². The van der Waals surface area contributed by atoms with Crippen LogP contribution in [0.2, 0.25) is 0 Å². The summed E-state index contributed by atoms with van der Waals surface area (Å²) in [5, 5.41) is 18.3. The minimum Gasteiger partial charge on any atom is -0.394 e. The molecule has 53 heavy (non-hydrogen) atoms. The highest BCUT2D eigenvalue weighted by Gasteiger charge is 2.43. The van der Waals surface area contributed by atoms with Gasteiger partial charge >= 0.3 is 0 Å². The molecule has 0 bridgehead atoms. The Hall–Kier alpha value is -3.43. The minimum absolute atomic E-state index is 0.00389. The van der Waals surface area contributed by atoms with Crippen LogP contribution in [0.15, 0.2) is 41.9 Å². The van der Waals surface area contributed by atoms with E-state index < -0.39 is 48.3 Å². The molecule has 4 amide bonds. The van der Waals surface area contributed by atoms with E-state index in [-0.39, 0.29) is 48.1 Å². The summed E-state index contributed by atoms with van der Waals surface area (Å²) < 4.78 is 12.0. The number of hydrogen-bond acceptors (Lipinski definition) is 10. The number of likely N-dealkylation sites (tertiary alicyclic amines) is 1. The van der Waals surface area contributed by atoms with Gasteiger partial charge in [0.2, 0.25) is 23.6 Å². The van der Waals surface area contributed by atoms with E-state index in [2.05, 4.69) is 15.6 Å². The van der Waals surface area contributed by atoms with Crippen LogP contribution in [0.3, 0.4) is 0 Å². The predicted molar refractivity (Wildman–Crippen MR) is 206 cm³/mol. The minimum atomic E-state index is -1.56. The summed E-state index contributed by atoms with van der Waals surface area (Å²) in [5.74, 6) is -2.23. The molecule has 0 aliphatic carbocycles. The molecule has 2 aromatic rings. The Morgan fingerprint density at radius 1 is 1.11 bits per heavy atom. The Morgan fingerprint density at radius 3 is 2.34 bits per heavy atom. The van der Waals surface area contributed by atoms with Gasteiger partial charge in [0.15, 0.2) is 0 Å². The first-order chi connectivity index (χ1) is 25.1. The number of carbonyl (C=O) groups excluding carboxylic acids is 4. The molecule has 2 heterocycles. The first-order valence-electron chi connectivity index (χ1n) is 18.7. The first-order valence-corrected chi connectivity index (χ1v) is 19.6. The van der Waals surface area contributed by atoms with Crippen molar-refractivity contribution in [3.63, 3.8) is 0 Å². The highest BCUT2D eigenvalue weighted by Crippen LogP contribution is 2.30. The second kappa shape index (κ2) is 20.3. The third-order valence-corrected chi connectivity index (χ3v) is 11.6. The van der Waals surface area contributed by atoms with Crippen LogP contribution in [0.25, 0.3) is 0 Å². The van der Waals surface area contributed by atoms with Crippen molar-refractivity contribution in [2.24, 2.45) is 23.5 Å². The van der Waals surface area contributed by atoms with Crippen molar-refractivity contribution in [2.45, 2.75) is 116 Å². The number of nitrogens with zero attached hydrogens (tertiary/aromatic N) is 3. The Kier molecular flexibility index (Phi) is 16.8. The average molecular weight is 759 g/mol. The van der Waals surface area contributed by atoms with Crippen molar-refractivity contribution < 1.29 is 33.8 Å². The predicted octanol–water partition coefficient (Wildman–Crippen LogP) is 3.31. The molecule has 1 unspecified atom stereocenters. The number of benzene rings is 1. The molecule has 1 fully saturated rings. The first kappa shape index (κ1) is 44.0. The van der Waals surface area contributed by atoms with E-state index >= 15 is 0 Å². The normalized spacial score (nSPS) is 19.7. The number of hydrogen-bond donors (Lipinski definition) is 4. The van der Waals surface area contributed by atoms with Crippen molar-refractivity contribution >= 4 is 35.0 Å². The lowest BCUT2D eigenvalue weighted by molar-refractivity contribution is -0.148. The molecule has 14 heteroatoms. The van der Waals surface area contributed by atoms with Crippen LogP contribution in [0, 0.1) is 17.8 Å². The highest BCUT2D eigenvalue weighted by molar-refractivity contribution is 7.09. The smallest absolute Gasteiger partial charge is 0.245 e. The fourth-order valence-electron chi connectivity index (χ4n) is 7.18. The van der Waals surface area contributed by atoms with Crippen molar-refractivity contribution in [1.82, 2.24) is 25.4 Å². The molecule has 296 valence electrons. The number of rotatable bonds is 20. The molecule has 0 radical (unpaired) electrons. The zero-order valence-corrected chi connectivity index (χ0v) is 33.7. The molecule has 5 N–H and O–H groups in total. The summed E-state index contributed by atoms with van der Waals surface area (Å²) in [7, 11) is 4.78. The molecule has 0 saturated carbocycles. The lowest BCUT2D eigenvalue weighted by atomic mass is 9.89. The zero-order chi connectivity index (χ0) is 39.5. The SMILES string of the molecule is CC[C@H](C)[C@@H]([C@@H](CC(=O)N1CCC[C@H]1[C@H](OC)[C@@H](C)C(=O)N[C@@H](Cc1ccccc1)c1nccs1)OC)N(C)C(=O)[C@@H](NC(=O)C(C)(N)CO)C(C)C. The monoisotopic (exact) mass is 758 g/mol. The van der Waals surface area contributed by atoms with Crippen LogP contribution in [0.1, 0.15) is 83.8 Å². The van der Waals surface area contributed by atoms with E-state index in [4.69, 9.17) is 15.2 Å². The van der Waals surface area contributed by atoms with Gasteiger partial charge in [0.1, 0.15) is 16.6 Å². The van der Waals surface area contributed by atoms with Gasteiger partial charge in [0, 0.05) is 39.4 Å². The molecule has 1 aromatic heterocycles. The summed E-state index contributed by atoms with van der Waals surface area (Å²) in [6.45, 7) is 10.8. The van der Waals surface area contributed by atoms with Crippen molar-refractivity contribution in [3.8, 4) is 0 Å². The van der Waals surface area contributed by atoms with Crippen LogP contribution in [-0.4, -0.2) is 114 Å². The van der Waals surface area contributed by atoms with Gasteiger partial charge in [-0.15, -0.1) is 11.3 Å². The van der Waals surface area contributed by atoms with E-state index in [1.165, 1.54) is 25.4 Å². The molecule has 1 saturated heterocycles. The largest absolute Gasteiger partial charge is 0.394 e. The van der Waals surface area contributed by atoms with E-state index in [1.54, 1.807) is 30.2 Å². The topological polar surface area (TPSA) is 176 Å². The van der Waals surface area contributed by atoms with Gasteiger partial charge < -0.3 is 40.7 Å². The summed E-state index contributed by atoms with van der Waals surface area (Å²) in [4.78, 5) is 62.8. The van der Waals surface area contributed by atoms with Crippen molar-refractivity contribution in [1.29, 1.82) is 0 Å². The maximum Gasteiger partial charge on any atom is 0.245 e. The Bertz CT molecular complexity index is 1460. The molecule has 0 spiro atoms. The van der Waals surface area contributed by atoms with Crippen LogP contribution in [0.4, 0.5) is 0 Å². The molecule has 1 aromatic carbocycles. The summed E-state index contributed by atoms with van der Waals surface area (Å²) >= 11 is 1.49. The van der Waals surface area contributed by atoms with Gasteiger partial charge in [0.05, 0.1) is 49.3 Å². The fraction of sp³-hybridized carbons (Fsp3) is 0.667. The van der Waals surface area contributed by atoms with Gasteiger partial charge in [-0.2, -0.15) is 0 Å². The number of aliphatic hydroxyl groups excluding tert-OH is 1. The van der Waals surface area contributed by atoms with E-state index in [1.807, 2.05) is 70.3 Å². The lowest BCUT2D eigenvalue weighted by Gasteiger charge is -2.41. The third-order valence-electron chi connectivity index (χ3n) is 10.7. The van der Waals surface area contributed by atoms with Crippen molar-refractivity contribution in [2.75, 3.05) is 34.4 Å². The second-order valence-corrected chi connectivity index (χ2v) is 15.9. The number of nitrogens with two attached hydrogens (primary N) is 1. The van der Waals surface area contributed by atoms with Crippen LogP contribution in [0.5, 0.6) is 0 Å². The number of likely N-dealkylation sites (N-methyl/N-ethyl adjacent to an activating group) is 1. The number of methoxy groups -OCH3 is 2. The van der Waals surface area contributed by atoms with Crippen molar-refractivity contribution in [3.05, 3.63) is 52.5 Å². The van der Waals surface area contributed by atoms with Crippen LogP contribution >= 0.6 is 11.3 Å². The van der Waals surface area contributed by atoms with Gasteiger partial charge in [-0.25, -0.2) is 4.98 Å². The Morgan fingerprint density at radius 2 is 1.79 bits per heavy atom. The third kappa shape index (κ3) is 11.3. The molecule has 1 aliphatic rings. The van der Waals surface area contributed by atoms with Crippen LogP contribution in [-0.2, 0) is 35.1 Å². The fourth-order valence-corrected chi connectivity index (χ4v) is 7.87. The molecule has 13 nitrogen and oxygen atoms in total. The number of nitrogens with one attached hydrogen (secondary N) is 2. The van der Waals surface area contributed by atoms with E-state index in [0.717, 1.165) is 17.0 Å². The van der Waals surface area contributed by atoms with E-state index in [9.17, 15) is 24.3 Å². The van der Waals surface area contributed by atoms with Gasteiger partial charge in [-0.3, -0.25) is 19.2 Å². The number of carbonyl (C=O) groups is 4. The quantitative estimate of drug-likeness (QED) is 0.158. The zero-order valence-electron chi connectivity index (χ0n) is 32.9. The Balaban J connectivity index is 1.78. The number of thiazole rings is 1. The second-order valence-electron chi connectivity index (χ2n) is 15.0. The molecule has 1 aliphatic heterocycles. The summed E-state index contributed by atoms with van der Waals surface area (Å²) in [6, 6.07) is 7.89. The summed E-state index contributed by atoms with van der Waals surface area (Å²) in [6.07, 6.45) is 3.24.